The zero-order valence-corrected chi connectivity index (χ0v) is 16.6. The molecule has 0 bridgehead atoms. The van der Waals surface area contributed by atoms with Crippen LogP contribution >= 0.6 is 22.9 Å². The lowest BCUT2D eigenvalue weighted by atomic mass is 10.2. The van der Waals surface area contributed by atoms with Gasteiger partial charge in [0.15, 0.2) is 0 Å². The number of ether oxygens (including phenoxy) is 1. The molecular weight excluding hydrogens is 406 g/mol. The van der Waals surface area contributed by atoms with Gasteiger partial charge in [-0.05, 0) is 36.6 Å². The van der Waals surface area contributed by atoms with Crippen LogP contribution in [0.1, 0.15) is 17.3 Å². The van der Waals surface area contributed by atoms with Gasteiger partial charge in [-0.2, -0.15) is 0 Å². The molecule has 0 aliphatic rings. The second-order valence-electron chi connectivity index (χ2n) is 5.78. The van der Waals surface area contributed by atoms with Crippen LogP contribution in [0.3, 0.4) is 0 Å². The zero-order chi connectivity index (χ0) is 20.4. The first kappa shape index (κ1) is 19.8. The number of methoxy groups -OCH3 is 1. The van der Waals surface area contributed by atoms with Crippen LogP contribution in [0.2, 0.25) is 5.02 Å². The van der Waals surface area contributed by atoms with Crippen LogP contribution in [0.25, 0.3) is 10.2 Å². The van der Waals surface area contributed by atoms with E-state index < -0.39 is 17.6 Å². The highest BCUT2D eigenvalue weighted by Gasteiger charge is 2.18. The van der Waals surface area contributed by atoms with Gasteiger partial charge in [-0.3, -0.25) is 18.7 Å². The lowest BCUT2D eigenvalue weighted by molar-refractivity contribution is -0.116. The molecule has 1 N–H and O–H groups in total. The molecule has 1 amide bonds. The average Bonchev–Trinajstić information content (AvgIpc) is 3.15. The molecule has 8 nitrogen and oxygen atoms in total. The Bertz CT molecular complexity index is 1190. The van der Waals surface area contributed by atoms with E-state index >= 15 is 0 Å². The molecule has 1 aromatic carbocycles. The van der Waals surface area contributed by atoms with Crippen molar-refractivity contribution in [2.45, 2.75) is 20.0 Å². The Labute approximate surface area is 167 Å². The molecular formula is C18H16ClN3O5S. The summed E-state index contributed by atoms with van der Waals surface area (Å²) in [5, 5.41) is 4.59. The fraction of sp³-hybridized carbons (Fsp3) is 0.222. The second kappa shape index (κ2) is 7.99. The summed E-state index contributed by atoms with van der Waals surface area (Å²) in [6.45, 7) is 1.54. The van der Waals surface area contributed by atoms with Gasteiger partial charge in [0.1, 0.15) is 11.2 Å². The number of carbonyl (C=O) groups excluding carboxylic acids is 2. The first-order chi connectivity index (χ1) is 13.4. The Balaban J connectivity index is 1.99. The third-order valence-electron chi connectivity index (χ3n) is 4.12. The molecule has 3 aromatic rings. The predicted molar refractivity (Wildman–Crippen MR) is 107 cm³/mol. The van der Waals surface area contributed by atoms with E-state index in [4.69, 9.17) is 16.3 Å². The number of thiophene rings is 1. The van der Waals surface area contributed by atoms with E-state index in [0.717, 1.165) is 4.57 Å². The van der Waals surface area contributed by atoms with Crippen molar-refractivity contribution >= 4 is 50.7 Å². The third kappa shape index (κ3) is 3.58. The van der Waals surface area contributed by atoms with E-state index in [2.05, 4.69) is 5.32 Å². The van der Waals surface area contributed by atoms with Gasteiger partial charge in [0.2, 0.25) is 5.91 Å². The van der Waals surface area contributed by atoms with Crippen LogP contribution in [0.4, 0.5) is 5.69 Å². The SMILES string of the molecule is CCn1c(=O)c2sccc2n(CC(=O)Nc2cc(Cl)ccc2C(=O)OC)c1=O. The van der Waals surface area contributed by atoms with Crippen molar-refractivity contribution in [1.82, 2.24) is 9.13 Å². The van der Waals surface area contributed by atoms with Crippen LogP contribution in [0.15, 0.2) is 39.2 Å². The van der Waals surface area contributed by atoms with Crippen molar-refractivity contribution in [3.05, 3.63) is 61.1 Å². The maximum atomic E-state index is 12.7. The first-order valence-electron chi connectivity index (χ1n) is 8.26. The maximum Gasteiger partial charge on any atom is 0.339 e. The van der Waals surface area contributed by atoms with Crippen molar-refractivity contribution in [3.63, 3.8) is 0 Å². The number of benzene rings is 1. The number of fused-ring (bicyclic) bond motifs is 1. The van der Waals surface area contributed by atoms with Gasteiger partial charge in [0, 0.05) is 11.6 Å². The summed E-state index contributed by atoms with van der Waals surface area (Å²) < 4.78 is 7.40. The van der Waals surface area contributed by atoms with Gasteiger partial charge in [-0.25, -0.2) is 9.59 Å². The zero-order valence-electron chi connectivity index (χ0n) is 15.0. The number of rotatable bonds is 5. The van der Waals surface area contributed by atoms with E-state index in [1.54, 1.807) is 18.4 Å². The molecule has 2 aromatic heterocycles. The number of aromatic nitrogens is 2. The summed E-state index contributed by atoms with van der Waals surface area (Å²) in [5.74, 6) is -1.19. The van der Waals surface area contributed by atoms with Crippen molar-refractivity contribution < 1.29 is 14.3 Å². The summed E-state index contributed by atoms with van der Waals surface area (Å²) in [4.78, 5) is 49.5. The van der Waals surface area contributed by atoms with E-state index in [-0.39, 0.29) is 29.9 Å². The summed E-state index contributed by atoms with van der Waals surface area (Å²) in [7, 11) is 1.23. The van der Waals surface area contributed by atoms with Gasteiger partial charge >= 0.3 is 11.7 Å². The molecule has 0 saturated carbocycles. The van der Waals surface area contributed by atoms with Crippen LogP contribution < -0.4 is 16.6 Å². The molecule has 0 radical (unpaired) electrons. The average molecular weight is 422 g/mol. The molecule has 0 atom stereocenters. The number of hydrogen-bond acceptors (Lipinski definition) is 6. The van der Waals surface area contributed by atoms with Gasteiger partial charge in [-0.1, -0.05) is 11.6 Å². The highest BCUT2D eigenvalue weighted by atomic mass is 35.5. The normalized spacial score (nSPS) is 10.8. The Hall–Kier alpha value is -2.91. The summed E-state index contributed by atoms with van der Waals surface area (Å²) in [5.41, 5.74) is -0.265. The number of nitrogens with zero attached hydrogens (tertiary/aromatic N) is 2. The molecule has 0 saturated heterocycles. The standard InChI is InChI=1S/C18H16ClN3O5S/c1-3-21-16(24)15-13(6-7-28-15)22(18(21)26)9-14(23)20-12-8-10(19)4-5-11(12)17(25)27-2/h4-8H,3,9H2,1-2H3,(H,20,23). The Morgan fingerprint density at radius 2 is 1.96 bits per heavy atom. The number of esters is 1. The van der Waals surface area contributed by atoms with Crippen molar-refractivity contribution in [2.75, 3.05) is 12.4 Å². The third-order valence-corrected chi connectivity index (χ3v) is 5.24. The van der Waals surface area contributed by atoms with Crippen LogP contribution in [0.5, 0.6) is 0 Å². The molecule has 0 spiro atoms. The lowest BCUT2D eigenvalue weighted by Crippen LogP contribution is -2.41. The molecule has 3 rings (SSSR count). The monoisotopic (exact) mass is 421 g/mol. The largest absolute Gasteiger partial charge is 0.465 e. The van der Waals surface area contributed by atoms with E-state index in [0.29, 0.717) is 15.2 Å². The highest BCUT2D eigenvalue weighted by molar-refractivity contribution is 7.17. The molecule has 0 aliphatic carbocycles. The Kier molecular flexibility index (Phi) is 5.66. The minimum absolute atomic E-state index is 0.131. The summed E-state index contributed by atoms with van der Waals surface area (Å²) >= 11 is 7.16. The van der Waals surface area contributed by atoms with Gasteiger partial charge < -0.3 is 10.1 Å². The summed E-state index contributed by atoms with van der Waals surface area (Å²) in [6, 6.07) is 5.97. The van der Waals surface area contributed by atoms with Crippen LogP contribution in [0, 0.1) is 0 Å². The molecule has 2 heterocycles. The van der Waals surface area contributed by atoms with Crippen LogP contribution in [-0.4, -0.2) is 28.1 Å². The minimum atomic E-state index is -0.635. The number of anilines is 1. The molecule has 0 aliphatic heterocycles. The van der Waals surface area contributed by atoms with Gasteiger partial charge in [-0.15, -0.1) is 11.3 Å². The van der Waals surface area contributed by atoms with Crippen molar-refractivity contribution in [3.8, 4) is 0 Å². The molecule has 28 heavy (non-hydrogen) atoms. The first-order valence-corrected chi connectivity index (χ1v) is 9.51. The van der Waals surface area contributed by atoms with Crippen LogP contribution in [-0.2, 0) is 22.6 Å². The molecule has 146 valence electrons. The Morgan fingerprint density at radius 1 is 1.21 bits per heavy atom. The van der Waals surface area contributed by atoms with Gasteiger partial charge in [0.25, 0.3) is 5.56 Å². The van der Waals surface area contributed by atoms with E-state index in [9.17, 15) is 19.2 Å². The Morgan fingerprint density at radius 3 is 2.64 bits per heavy atom. The molecule has 0 unspecified atom stereocenters. The number of amides is 1. The van der Waals surface area contributed by atoms with Crippen molar-refractivity contribution in [1.29, 1.82) is 0 Å². The fourth-order valence-corrected chi connectivity index (χ4v) is 3.82. The topological polar surface area (TPSA) is 99.4 Å². The summed E-state index contributed by atoms with van der Waals surface area (Å²) in [6.07, 6.45) is 0. The predicted octanol–water partition coefficient (Wildman–Crippen LogP) is 2.32. The molecule has 10 heteroatoms. The van der Waals surface area contributed by atoms with Crippen molar-refractivity contribution in [2.24, 2.45) is 0 Å². The smallest absolute Gasteiger partial charge is 0.339 e. The maximum absolute atomic E-state index is 12.7. The molecule has 0 fully saturated rings. The van der Waals surface area contributed by atoms with E-state index in [1.165, 1.54) is 41.2 Å². The van der Waals surface area contributed by atoms with Gasteiger partial charge in [0.05, 0.1) is 23.9 Å². The fourth-order valence-electron chi connectivity index (χ4n) is 2.81. The highest BCUT2D eigenvalue weighted by Crippen LogP contribution is 2.22. The quantitative estimate of drug-likeness (QED) is 0.637. The lowest BCUT2D eigenvalue weighted by Gasteiger charge is -2.13. The number of hydrogen-bond donors (Lipinski definition) is 1. The second-order valence-corrected chi connectivity index (χ2v) is 7.14. The minimum Gasteiger partial charge on any atom is -0.465 e. The number of halogens is 1. The number of carbonyl (C=O) groups is 2. The number of nitrogens with one attached hydrogen (secondary N) is 1. The van der Waals surface area contributed by atoms with E-state index in [1.807, 2.05) is 0 Å².